The van der Waals surface area contributed by atoms with Crippen molar-refractivity contribution in [3.8, 4) is 11.3 Å². The van der Waals surface area contributed by atoms with Crippen LogP contribution in [0.1, 0.15) is 19.3 Å². The lowest BCUT2D eigenvalue weighted by Gasteiger charge is -2.24. The minimum atomic E-state index is 0.106. The number of hydrogen-bond acceptors (Lipinski definition) is 2. The SMILES string of the molecule is O=C(Nc1c(-c2ccccc2)nc2ccccn12)C1CCC1. The molecule has 0 atom stereocenters. The Labute approximate surface area is 128 Å². The van der Waals surface area contributed by atoms with Crippen molar-refractivity contribution in [2.75, 3.05) is 5.32 Å². The number of hydrogen-bond donors (Lipinski definition) is 1. The third kappa shape index (κ3) is 2.17. The number of benzene rings is 1. The molecule has 22 heavy (non-hydrogen) atoms. The Bertz CT molecular complexity index is 819. The highest BCUT2D eigenvalue weighted by Crippen LogP contribution is 2.31. The van der Waals surface area contributed by atoms with Crippen LogP contribution in [-0.2, 0) is 4.79 Å². The number of nitrogens with zero attached hydrogens (tertiary/aromatic N) is 2. The maximum Gasteiger partial charge on any atom is 0.228 e. The van der Waals surface area contributed by atoms with Crippen molar-refractivity contribution >= 4 is 17.4 Å². The Morgan fingerprint density at radius 2 is 1.86 bits per heavy atom. The van der Waals surface area contributed by atoms with Crippen LogP contribution in [0.3, 0.4) is 0 Å². The van der Waals surface area contributed by atoms with E-state index in [2.05, 4.69) is 10.3 Å². The van der Waals surface area contributed by atoms with Crippen molar-refractivity contribution in [2.45, 2.75) is 19.3 Å². The first-order valence-electron chi connectivity index (χ1n) is 7.66. The van der Waals surface area contributed by atoms with E-state index in [1.165, 1.54) is 0 Å². The molecule has 1 aliphatic carbocycles. The van der Waals surface area contributed by atoms with Crippen LogP contribution in [0.4, 0.5) is 5.82 Å². The molecule has 2 aromatic heterocycles. The number of nitrogens with one attached hydrogen (secondary N) is 1. The molecule has 4 nitrogen and oxygen atoms in total. The molecule has 4 rings (SSSR count). The zero-order valence-corrected chi connectivity index (χ0v) is 12.2. The highest BCUT2D eigenvalue weighted by Gasteiger charge is 2.27. The molecule has 1 aliphatic rings. The Morgan fingerprint density at radius 3 is 2.59 bits per heavy atom. The van der Waals surface area contributed by atoms with Crippen molar-refractivity contribution in [3.63, 3.8) is 0 Å². The minimum absolute atomic E-state index is 0.106. The molecule has 0 bridgehead atoms. The van der Waals surface area contributed by atoms with Crippen molar-refractivity contribution in [1.82, 2.24) is 9.38 Å². The molecule has 1 fully saturated rings. The molecule has 0 radical (unpaired) electrons. The van der Waals surface area contributed by atoms with Gasteiger partial charge in [0, 0.05) is 17.7 Å². The number of carbonyl (C=O) groups excluding carboxylic acids is 1. The van der Waals surface area contributed by atoms with Gasteiger partial charge in [-0.25, -0.2) is 4.98 Å². The molecular weight excluding hydrogens is 274 g/mol. The van der Waals surface area contributed by atoms with Crippen LogP contribution in [0.5, 0.6) is 0 Å². The average molecular weight is 291 g/mol. The molecule has 4 heteroatoms. The number of pyridine rings is 1. The fourth-order valence-electron chi connectivity index (χ4n) is 2.80. The Hall–Kier alpha value is -2.62. The number of aromatic nitrogens is 2. The smallest absolute Gasteiger partial charge is 0.228 e. The summed E-state index contributed by atoms with van der Waals surface area (Å²) < 4.78 is 1.94. The fraction of sp³-hybridized carbons (Fsp3) is 0.222. The fourth-order valence-corrected chi connectivity index (χ4v) is 2.80. The van der Waals surface area contributed by atoms with E-state index >= 15 is 0 Å². The Morgan fingerprint density at radius 1 is 1.09 bits per heavy atom. The summed E-state index contributed by atoms with van der Waals surface area (Å²) in [6.07, 6.45) is 5.06. The average Bonchev–Trinajstić information content (AvgIpc) is 2.85. The maximum absolute atomic E-state index is 12.4. The highest BCUT2D eigenvalue weighted by molar-refractivity contribution is 5.96. The normalized spacial score (nSPS) is 14.7. The van der Waals surface area contributed by atoms with Gasteiger partial charge in [-0.3, -0.25) is 9.20 Å². The largest absolute Gasteiger partial charge is 0.310 e. The molecule has 1 N–H and O–H groups in total. The summed E-state index contributed by atoms with van der Waals surface area (Å²) in [7, 11) is 0. The second kappa shape index (κ2) is 5.30. The van der Waals surface area contributed by atoms with Crippen molar-refractivity contribution in [3.05, 3.63) is 54.7 Å². The topological polar surface area (TPSA) is 46.4 Å². The molecule has 2 heterocycles. The molecule has 1 amide bonds. The van der Waals surface area contributed by atoms with E-state index in [1.54, 1.807) is 0 Å². The van der Waals surface area contributed by atoms with E-state index in [0.717, 1.165) is 42.0 Å². The number of carbonyl (C=O) groups is 1. The summed E-state index contributed by atoms with van der Waals surface area (Å²) >= 11 is 0. The molecule has 0 aliphatic heterocycles. The van der Waals surface area contributed by atoms with Crippen LogP contribution in [0.2, 0.25) is 0 Å². The van der Waals surface area contributed by atoms with Crippen molar-refractivity contribution < 1.29 is 4.79 Å². The van der Waals surface area contributed by atoms with E-state index < -0.39 is 0 Å². The van der Waals surface area contributed by atoms with Gasteiger partial charge in [0.25, 0.3) is 0 Å². The van der Waals surface area contributed by atoms with Crippen LogP contribution in [0.15, 0.2) is 54.7 Å². The second-order valence-electron chi connectivity index (χ2n) is 5.72. The van der Waals surface area contributed by atoms with E-state index in [4.69, 9.17) is 0 Å². The maximum atomic E-state index is 12.4. The number of rotatable bonds is 3. The molecular formula is C18H17N3O. The van der Waals surface area contributed by atoms with Crippen LogP contribution in [0.25, 0.3) is 16.9 Å². The van der Waals surface area contributed by atoms with Gasteiger partial charge in [-0.05, 0) is 25.0 Å². The second-order valence-corrected chi connectivity index (χ2v) is 5.72. The molecule has 0 saturated heterocycles. The molecule has 1 aromatic carbocycles. The van der Waals surface area contributed by atoms with Gasteiger partial charge in [0.2, 0.25) is 5.91 Å². The van der Waals surface area contributed by atoms with Crippen LogP contribution < -0.4 is 5.32 Å². The standard InChI is InChI=1S/C18H17N3O/c22-18(14-9-6-10-14)20-17-16(13-7-2-1-3-8-13)19-15-11-4-5-12-21(15)17/h1-5,7-8,11-12,14H,6,9-10H2,(H,20,22). The van der Waals surface area contributed by atoms with Gasteiger partial charge < -0.3 is 5.32 Å². The molecule has 1 saturated carbocycles. The lowest BCUT2D eigenvalue weighted by atomic mass is 9.85. The number of amides is 1. The lowest BCUT2D eigenvalue weighted by molar-refractivity contribution is -0.122. The van der Waals surface area contributed by atoms with Gasteiger partial charge in [0.1, 0.15) is 17.2 Å². The zero-order valence-electron chi connectivity index (χ0n) is 12.2. The minimum Gasteiger partial charge on any atom is -0.310 e. The summed E-state index contributed by atoms with van der Waals surface area (Å²) in [5.41, 5.74) is 2.67. The first-order valence-corrected chi connectivity index (χ1v) is 7.66. The van der Waals surface area contributed by atoms with E-state index in [9.17, 15) is 4.79 Å². The van der Waals surface area contributed by atoms with Gasteiger partial charge in [0.05, 0.1) is 0 Å². The van der Waals surface area contributed by atoms with Gasteiger partial charge in [-0.15, -0.1) is 0 Å². The summed E-state index contributed by atoms with van der Waals surface area (Å²) in [6.45, 7) is 0. The Balaban J connectivity index is 1.81. The van der Waals surface area contributed by atoms with Crippen molar-refractivity contribution in [1.29, 1.82) is 0 Å². The third-order valence-electron chi connectivity index (χ3n) is 4.29. The molecule has 0 unspecified atom stereocenters. The Kier molecular flexibility index (Phi) is 3.15. The van der Waals surface area contributed by atoms with Crippen LogP contribution in [-0.4, -0.2) is 15.3 Å². The lowest BCUT2D eigenvalue weighted by Crippen LogP contribution is -2.28. The van der Waals surface area contributed by atoms with Gasteiger partial charge in [0.15, 0.2) is 0 Å². The van der Waals surface area contributed by atoms with E-state index in [1.807, 2.05) is 59.1 Å². The number of anilines is 1. The molecule has 0 spiro atoms. The molecule has 110 valence electrons. The summed E-state index contributed by atoms with van der Waals surface area (Å²) in [5, 5.41) is 3.10. The van der Waals surface area contributed by atoms with Gasteiger partial charge in [-0.1, -0.05) is 42.8 Å². The predicted molar refractivity (Wildman–Crippen MR) is 86.6 cm³/mol. The highest BCUT2D eigenvalue weighted by atomic mass is 16.2. The number of fused-ring (bicyclic) bond motifs is 1. The number of imidazole rings is 1. The van der Waals surface area contributed by atoms with Gasteiger partial charge >= 0.3 is 0 Å². The van der Waals surface area contributed by atoms with Crippen LogP contribution >= 0.6 is 0 Å². The van der Waals surface area contributed by atoms with Crippen molar-refractivity contribution in [2.24, 2.45) is 5.92 Å². The quantitative estimate of drug-likeness (QED) is 0.799. The summed E-state index contributed by atoms with van der Waals surface area (Å²) in [6, 6.07) is 15.8. The van der Waals surface area contributed by atoms with Gasteiger partial charge in [-0.2, -0.15) is 0 Å². The van der Waals surface area contributed by atoms with E-state index in [-0.39, 0.29) is 11.8 Å². The monoisotopic (exact) mass is 291 g/mol. The predicted octanol–water partition coefficient (Wildman–Crippen LogP) is 3.74. The first-order chi connectivity index (χ1) is 10.8. The molecule has 3 aromatic rings. The first kappa shape index (κ1) is 13.1. The third-order valence-corrected chi connectivity index (χ3v) is 4.29. The van der Waals surface area contributed by atoms with Crippen LogP contribution in [0, 0.1) is 5.92 Å². The summed E-state index contributed by atoms with van der Waals surface area (Å²) in [5.74, 6) is 1.02. The summed E-state index contributed by atoms with van der Waals surface area (Å²) in [4.78, 5) is 17.1. The van der Waals surface area contributed by atoms with E-state index in [0.29, 0.717) is 0 Å². The zero-order chi connectivity index (χ0) is 14.9.